The van der Waals surface area contributed by atoms with Crippen LogP contribution < -0.4 is 10.6 Å². The fourth-order valence-corrected chi connectivity index (χ4v) is 2.32. The van der Waals surface area contributed by atoms with Gasteiger partial charge in [-0.25, -0.2) is 4.79 Å². The summed E-state index contributed by atoms with van der Waals surface area (Å²) in [6, 6.07) is 13.5. The lowest BCUT2D eigenvalue weighted by Crippen LogP contribution is -2.46. The lowest BCUT2D eigenvalue weighted by Gasteiger charge is -2.22. The number of furan rings is 1. The van der Waals surface area contributed by atoms with Crippen LogP contribution in [0.15, 0.2) is 53.1 Å². The van der Waals surface area contributed by atoms with Crippen molar-refractivity contribution in [2.45, 2.75) is 31.8 Å². The topological polar surface area (TPSA) is 74.5 Å². The summed E-state index contributed by atoms with van der Waals surface area (Å²) >= 11 is 0. The molecule has 0 saturated carbocycles. The average molecular weight is 316 g/mol. The van der Waals surface area contributed by atoms with E-state index in [4.69, 9.17) is 4.42 Å². The third-order valence-corrected chi connectivity index (χ3v) is 3.54. The smallest absolute Gasteiger partial charge is 0.314 e. The number of rotatable bonds is 8. The van der Waals surface area contributed by atoms with Crippen LogP contribution in [0.1, 0.15) is 24.7 Å². The number of carbonyl (C=O) groups excluding carboxylic acids is 1. The molecule has 3 N–H and O–H groups in total. The third-order valence-electron chi connectivity index (χ3n) is 3.54. The molecule has 23 heavy (non-hydrogen) atoms. The molecule has 0 aliphatic heterocycles. The van der Waals surface area contributed by atoms with Crippen molar-refractivity contribution in [2.24, 2.45) is 0 Å². The highest BCUT2D eigenvalue weighted by molar-refractivity contribution is 5.73. The minimum absolute atomic E-state index is 0.165. The Morgan fingerprint density at radius 2 is 1.96 bits per heavy atom. The Labute approximate surface area is 136 Å². The van der Waals surface area contributed by atoms with Crippen molar-refractivity contribution in [2.75, 3.05) is 13.1 Å². The zero-order valence-electron chi connectivity index (χ0n) is 13.4. The summed E-state index contributed by atoms with van der Waals surface area (Å²) < 4.78 is 5.21. The Hall–Kier alpha value is -2.27. The van der Waals surface area contributed by atoms with Gasteiger partial charge in [0.15, 0.2) is 0 Å². The monoisotopic (exact) mass is 316 g/mol. The van der Waals surface area contributed by atoms with Gasteiger partial charge < -0.3 is 20.2 Å². The van der Waals surface area contributed by atoms with E-state index >= 15 is 0 Å². The molecule has 1 atom stereocenters. The quantitative estimate of drug-likeness (QED) is 0.655. The number of aliphatic hydroxyl groups is 1. The summed E-state index contributed by atoms with van der Waals surface area (Å²) in [5, 5.41) is 15.7. The van der Waals surface area contributed by atoms with Gasteiger partial charge in [-0.3, -0.25) is 0 Å². The van der Waals surface area contributed by atoms with Crippen LogP contribution in [0.25, 0.3) is 0 Å². The van der Waals surface area contributed by atoms with Crippen LogP contribution in [0.3, 0.4) is 0 Å². The standard InChI is InChI=1S/C18H24N2O3/c1-18(22,13-16-10-6-12-23-16)14-20-17(21)19-11-5-9-15-7-3-2-4-8-15/h2-4,6-8,10,12,22H,5,9,11,13-14H2,1H3,(H2,19,20,21). The molecule has 0 fully saturated rings. The lowest BCUT2D eigenvalue weighted by molar-refractivity contribution is 0.0572. The molecule has 1 aromatic heterocycles. The van der Waals surface area contributed by atoms with Gasteiger partial charge in [-0.1, -0.05) is 30.3 Å². The molecule has 1 unspecified atom stereocenters. The predicted octanol–water partition coefficient (Wildman–Crippen LogP) is 2.51. The van der Waals surface area contributed by atoms with E-state index in [1.165, 1.54) is 5.56 Å². The lowest BCUT2D eigenvalue weighted by atomic mass is 10.0. The number of carbonyl (C=O) groups is 1. The second kappa shape index (κ2) is 8.39. The molecular weight excluding hydrogens is 292 g/mol. The highest BCUT2D eigenvalue weighted by atomic mass is 16.3. The van der Waals surface area contributed by atoms with E-state index in [-0.39, 0.29) is 12.6 Å². The van der Waals surface area contributed by atoms with Crippen LogP contribution >= 0.6 is 0 Å². The molecule has 2 aromatic rings. The summed E-state index contributed by atoms with van der Waals surface area (Å²) in [6.07, 6.45) is 3.73. The third kappa shape index (κ3) is 6.57. The van der Waals surface area contributed by atoms with Crippen LogP contribution in [0.4, 0.5) is 4.79 Å². The normalized spacial score (nSPS) is 13.3. The van der Waals surface area contributed by atoms with Gasteiger partial charge in [0.05, 0.1) is 11.9 Å². The first kappa shape index (κ1) is 17.1. The van der Waals surface area contributed by atoms with E-state index < -0.39 is 5.60 Å². The molecule has 0 aliphatic carbocycles. The van der Waals surface area contributed by atoms with Crippen molar-refractivity contribution >= 4 is 6.03 Å². The van der Waals surface area contributed by atoms with Crippen molar-refractivity contribution in [1.82, 2.24) is 10.6 Å². The van der Waals surface area contributed by atoms with Gasteiger partial charge in [-0.15, -0.1) is 0 Å². The summed E-state index contributed by atoms with van der Waals surface area (Å²) in [5.74, 6) is 0.695. The molecule has 1 heterocycles. The van der Waals surface area contributed by atoms with Gasteiger partial charge in [0.25, 0.3) is 0 Å². The Kier molecular flexibility index (Phi) is 6.23. The summed E-state index contributed by atoms with van der Waals surface area (Å²) in [4.78, 5) is 11.7. The second-order valence-corrected chi connectivity index (χ2v) is 5.95. The van der Waals surface area contributed by atoms with Gasteiger partial charge >= 0.3 is 6.03 Å². The van der Waals surface area contributed by atoms with E-state index in [9.17, 15) is 9.90 Å². The number of amides is 2. The van der Waals surface area contributed by atoms with Crippen LogP contribution in [-0.2, 0) is 12.8 Å². The largest absolute Gasteiger partial charge is 0.469 e. The molecule has 0 saturated heterocycles. The number of urea groups is 1. The zero-order valence-corrected chi connectivity index (χ0v) is 13.4. The Balaban J connectivity index is 1.61. The van der Waals surface area contributed by atoms with Crippen LogP contribution in [0, 0.1) is 0 Å². The maximum absolute atomic E-state index is 11.7. The average Bonchev–Trinajstić information content (AvgIpc) is 3.03. The van der Waals surface area contributed by atoms with Crippen LogP contribution in [0.2, 0.25) is 0 Å². The minimum Gasteiger partial charge on any atom is -0.469 e. The minimum atomic E-state index is -1.04. The maximum Gasteiger partial charge on any atom is 0.314 e. The first-order chi connectivity index (χ1) is 11.1. The maximum atomic E-state index is 11.7. The molecule has 124 valence electrons. The zero-order chi connectivity index (χ0) is 16.5. The highest BCUT2D eigenvalue weighted by Crippen LogP contribution is 2.12. The van der Waals surface area contributed by atoms with Gasteiger partial charge in [-0.2, -0.15) is 0 Å². The van der Waals surface area contributed by atoms with Crippen molar-refractivity contribution in [3.63, 3.8) is 0 Å². The second-order valence-electron chi connectivity index (χ2n) is 5.95. The molecule has 1 aromatic carbocycles. The van der Waals surface area contributed by atoms with Crippen molar-refractivity contribution in [3.05, 3.63) is 60.1 Å². The molecule has 2 amide bonds. The van der Waals surface area contributed by atoms with Gasteiger partial charge in [-0.05, 0) is 37.5 Å². The molecule has 0 radical (unpaired) electrons. The molecule has 2 rings (SSSR count). The predicted molar refractivity (Wildman–Crippen MR) is 89.2 cm³/mol. The van der Waals surface area contributed by atoms with Crippen molar-refractivity contribution in [3.8, 4) is 0 Å². The Morgan fingerprint density at radius 1 is 1.17 bits per heavy atom. The number of aryl methyl sites for hydroxylation is 1. The molecule has 5 heteroatoms. The van der Waals surface area contributed by atoms with E-state index in [1.807, 2.05) is 18.2 Å². The van der Waals surface area contributed by atoms with Gasteiger partial charge in [0.2, 0.25) is 0 Å². The molecule has 0 bridgehead atoms. The number of hydrogen-bond acceptors (Lipinski definition) is 3. The van der Waals surface area contributed by atoms with Crippen LogP contribution in [0.5, 0.6) is 0 Å². The van der Waals surface area contributed by atoms with Crippen molar-refractivity contribution in [1.29, 1.82) is 0 Å². The molecule has 5 nitrogen and oxygen atoms in total. The van der Waals surface area contributed by atoms with E-state index in [0.717, 1.165) is 12.8 Å². The molecule has 0 aliphatic rings. The highest BCUT2D eigenvalue weighted by Gasteiger charge is 2.23. The van der Waals surface area contributed by atoms with Crippen LogP contribution in [-0.4, -0.2) is 29.8 Å². The van der Waals surface area contributed by atoms with E-state index in [2.05, 4.69) is 22.8 Å². The van der Waals surface area contributed by atoms with E-state index in [1.54, 1.807) is 25.3 Å². The summed E-state index contributed by atoms with van der Waals surface area (Å²) in [6.45, 7) is 2.43. The number of benzene rings is 1. The van der Waals surface area contributed by atoms with E-state index in [0.29, 0.717) is 18.7 Å². The number of nitrogens with one attached hydrogen (secondary N) is 2. The summed E-state index contributed by atoms with van der Waals surface area (Å²) in [7, 11) is 0. The number of hydrogen-bond donors (Lipinski definition) is 3. The molecule has 0 spiro atoms. The fourth-order valence-electron chi connectivity index (χ4n) is 2.32. The Bertz CT molecular complexity index is 580. The first-order valence-corrected chi connectivity index (χ1v) is 7.85. The first-order valence-electron chi connectivity index (χ1n) is 7.85. The SMILES string of the molecule is CC(O)(CNC(=O)NCCCc1ccccc1)Cc1ccco1. The van der Waals surface area contributed by atoms with Crippen molar-refractivity contribution < 1.29 is 14.3 Å². The summed E-state index contributed by atoms with van der Waals surface area (Å²) in [5.41, 5.74) is 0.218. The Morgan fingerprint density at radius 3 is 2.65 bits per heavy atom. The molecular formula is C18H24N2O3. The van der Waals surface area contributed by atoms with Gasteiger partial charge in [0, 0.05) is 19.5 Å². The van der Waals surface area contributed by atoms with Gasteiger partial charge in [0.1, 0.15) is 5.76 Å². The fraction of sp³-hybridized carbons (Fsp3) is 0.389.